The van der Waals surface area contributed by atoms with Gasteiger partial charge in [-0.05, 0) is 50.9 Å². The molecule has 0 unspecified atom stereocenters. The van der Waals surface area contributed by atoms with Gasteiger partial charge in [0, 0.05) is 25.6 Å². The minimum absolute atomic E-state index is 0.0540. The van der Waals surface area contributed by atoms with Crippen molar-refractivity contribution in [1.29, 1.82) is 0 Å². The summed E-state index contributed by atoms with van der Waals surface area (Å²) in [6.45, 7) is 4.47. The third-order valence-corrected chi connectivity index (χ3v) is 6.36. The van der Waals surface area contributed by atoms with Crippen LogP contribution < -0.4 is 4.74 Å². The highest BCUT2D eigenvalue weighted by atomic mass is 35.5. The molecule has 0 radical (unpaired) electrons. The van der Waals surface area contributed by atoms with Crippen LogP contribution in [0.15, 0.2) is 18.2 Å². The fraction of sp³-hybridized carbons (Fsp3) is 0.667. The number of benzene rings is 1. The topological polar surface area (TPSA) is 42.0 Å². The quantitative estimate of drug-likeness (QED) is 0.762. The van der Waals surface area contributed by atoms with Crippen molar-refractivity contribution in [2.75, 3.05) is 39.3 Å². The predicted molar refractivity (Wildman–Crippen MR) is 105 cm³/mol. The van der Waals surface area contributed by atoms with Gasteiger partial charge in [0.05, 0.1) is 23.8 Å². The molecule has 3 heterocycles. The van der Waals surface area contributed by atoms with Gasteiger partial charge in [-0.15, -0.1) is 0 Å². The number of hydrogen-bond acceptors (Lipinski definition) is 4. The van der Waals surface area contributed by atoms with E-state index in [1.165, 1.54) is 31.4 Å². The van der Waals surface area contributed by atoms with Crippen LogP contribution >= 0.6 is 11.6 Å². The summed E-state index contributed by atoms with van der Waals surface area (Å²) in [6, 6.07) is 4.39. The van der Waals surface area contributed by atoms with Crippen LogP contribution in [-0.2, 0) is 9.53 Å². The molecule has 7 heteroatoms. The lowest BCUT2D eigenvalue weighted by molar-refractivity contribution is -0.140. The number of likely N-dealkylation sites (tertiary alicyclic amines) is 2. The summed E-state index contributed by atoms with van der Waals surface area (Å²) < 4.78 is 25.5. The van der Waals surface area contributed by atoms with Crippen LogP contribution in [0.5, 0.6) is 5.75 Å². The van der Waals surface area contributed by atoms with E-state index in [0.29, 0.717) is 25.4 Å². The summed E-state index contributed by atoms with van der Waals surface area (Å²) in [5, 5.41) is 0.0540. The molecule has 5 nitrogen and oxygen atoms in total. The maximum atomic E-state index is 13.3. The monoisotopic (exact) mass is 410 g/mol. The van der Waals surface area contributed by atoms with E-state index in [1.807, 2.05) is 4.90 Å². The first-order valence-electron chi connectivity index (χ1n) is 10.3. The van der Waals surface area contributed by atoms with E-state index in [2.05, 4.69) is 4.90 Å². The van der Waals surface area contributed by atoms with Gasteiger partial charge < -0.3 is 14.4 Å². The molecule has 1 amide bonds. The van der Waals surface area contributed by atoms with Crippen molar-refractivity contribution >= 4 is 17.5 Å². The fourth-order valence-electron chi connectivity index (χ4n) is 4.62. The maximum absolute atomic E-state index is 13.3. The third kappa shape index (κ3) is 4.61. The molecule has 2 atom stereocenters. The Kier molecular flexibility index (Phi) is 6.09. The lowest BCUT2D eigenvalue weighted by Gasteiger charge is -2.40. The molecule has 0 bridgehead atoms. The van der Waals surface area contributed by atoms with E-state index in [1.54, 1.807) is 6.07 Å². The van der Waals surface area contributed by atoms with Crippen LogP contribution in [0, 0.1) is 5.82 Å². The van der Waals surface area contributed by atoms with Crippen molar-refractivity contribution in [1.82, 2.24) is 9.80 Å². The molecule has 1 spiro atoms. The molecule has 3 saturated heterocycles. The Hall–Kier alpha value is -1.37. The summed E-state index contributed by atoms with van der Waals surface area (Å²) in [7, 11) is 0. The fourth-order valence-corrected chi connectivity index (χ4v) is 4.80. The first-order valence-corrected chi connectivity index (χ1v) is 10.7. The number of piperidine rings is 2. The Morgan fingerprint density at radius 1 is 1.25 bits per heavy atom. The summed E-state index contributed by atoms with van der Waals surface area (Å²) >= 11 is 5.84. The van der Waals surface area contributed by atoms with Gasteiger partial charge in [0.25, 0.3) is 0 Å². The second kappa shape index (κ2) is 8.56. The van der Waals surface area contributed by atoms with E-state index in [9.17, 15) is 9.18 Å². The molecule has 0 aliphatic carbocycles. The van der Waals surface area contributed by atoms with Gasteiger partial charge in [-0.2, -0.15) is 0 Å². The molecule has 3 aliphatic heterocycles. The van der Waals surface area contributed by atoms with Gasteiger partial charge in [0.15, 0.2) is 0 Å². The van der Waals surface area contributed by atoms with Crippen LogP contribution in [0.25, 0.3) is 0 Å². The highest BCUT2D eigenvalue weighted by Gasteiger charge is 2.45. The van der Waals surface area contributed by atoms with Gasteiger partial charge in [-0.25, -0.2) is 4.39 Å². The molecule has 0 saturated carbocycles. The van der Waals surface area contributed by atoms with Gasteiger partial charge in [-0.1, -0.05) is 18.0 Å². The molecular weight excluding hydrogens is 383 g/mol. The Morgan fingerprint density at radius 2 is 2.07 bits per heavy atom. The maximum Gasteiger partial charge on any atom is 0.236 e. The molecule has 0 N–H and O–H groups in total. The lowest BCUT2D eigenvalue weighted by Crippen LogP contribution is -2.52. The van der Waals surface area contributed by atoms with Crippen molar-refractivity contribution in [2.45, 2.75) is 50.2 Å². The number of hydrogen-bond donors (Lipinski definition) is 0. The lowest BCUT2D eigenvalue weighted by atomic mass is 9.89. The zero-order valence-corrected chi connectivity index (χ0v) is 16.9. The predicted octanol–water partition coefficient (Wildman–Crippen LogP) is 3.49. The summed E-state index contributed by atoms with van der Waals surface area (Å²) in [5.74, 6) is 0.299. The van der Waals surface area contributed by atoms with Crippen LogP contribution in [-0.4, -0.2) is 66.7 Å². The number of rotatable bonds is 4. The molecule has 154 valence electrons. The van der Waals surface area contributed by atoms with E-state index < -0.39 is 5.82 Å². The summed E-state index contributed by atoms with van der Waals surface area (Å²) in [4.78, 5) is 17.0. The minimum atomic E-state index is -0.455. The third-order valence-electron chi connectivity index (χ3n) is 6.07. The minimum Gasteiger partial charge on any atom is -0.488 e. The highest BCUT2D eigenvalue weighted by molar-refractivity contribution is 6.30. The largest absolute Gasteiger partial charge is 0.488 e. The Balaban J connectivity index is 1.33. The van der Waals surface area contributed by atoms with Crippen LogP contribution in [0.4, 0.5) is 4.39 Å². The van der Waals surface area contributed by atoms with Crippen molar-refractivity contribution in [3.63, 3.8) is 0 Å². The Labute approximate surface area is 170 Å². The highest BCUT2D eigenvalue weighted by Crippen LogP contribution is 2.36. The molecule has 28 heavy (non-hydrogen) atoms. The van der Waals surface area contributed by atoms with Crippen LogP contribution in [0.2, 0.25) is 5.02 Å². The number of carbonyl (C=O) groups excluding carboxylic acids is 1. The molecule has 0 aromatic heterocycles. The SMILES string of the molecule is O=C(CN1CCCCC1)N1CCC[C@]2(C[C@@H](Oc3ccc(F)c(Cl)c3)CO2)C1. The van der Waals surface area contributed by atoms with Crippen molar-refractivity contribution in [3.05, 3.63) is 29.0 Å². The van der Waals surface area contributed by atoms with Gasteiger partial charge in [0.2, 0.25) is 5.91 Å². The zero-order valence-electron chi connectivity index (χ0n) is 16.2. The van der Waals surface area contributed by atoms with Crippen LogP contribution in [0.1, 0.15) is 38.5 Å². The van der Waals surface area contributed by atoms with E-state index in [0.717, 1.165) is 38.9 Å². The van der Waals surface area contributed by atoms with Crippen LogP contribution in [0.3, 0.4) is 0 Å². The van der Waals surface area contributed by atoms with Gasteiger partial charge in [-0.3, -0.25) is 9.69 Å². The first-order chi connectivity index (χ1) is 13.5. The number of amides is 1. The second-order valence-electron chi connectivity index (χ2n) is 8.27. The second-order valence-corrected chi connectivity index (χ2v) is 8.68. The normalized spacial score (nSPS) is 28.6. The van der Waals surface area contributed by atoms with Crippen molar-refractivity contribution < 1.29 is 18.7 Å². The summed E-state index contributed by atoms with van der Waals surface area (Å²) in [6.07, 6.45) is 6.14. The average molecular weight is 411 g/mol. The van der Waals surface area contributed by atoms with Gasteiger partial charge in [0.1, 0.15) is 17.7 Å². The van der Waals surface area contributed by atoms with Crippen molar-refractivity contribution in [3.8, 4) is 5.75 Å². The Morgan fingerprint density at radius 3 is 2.86 bits per heavy atom. The Bertz CT molecular complexity index is 713. The molecule has 1 aromatic rings. The molecule has 4 rings (SSSR count). The zero-order chi connectivity index (χ0) is 19.6. The number of nitrogens with zero attached hydrogens (tertiary/aromatic N) is 2. The molecule has 1 aromatic carbocycles. The van der Waals surface area contributed by atoms with E-state index in [4.69, 9.17) is 21.1 Å². The smallest absolute Gasteiger partial charge is 0.236 e. The average Bonchev–Trinajstić information content (AvgIpc) is 3.07. The number of carbonyl (C=O) groups is 1. The molecular formula is C21H28ClFN2O3. The molecule has 3 aliphatic rings. The van der Waals surface area contributed by atoms with Crippen molar-refractivity contribution in [2.24, 2.45) is 0 Å². The summed E-state index contributed by atoms with van der Waals surface area (Å²) in [5.41, 5.74) is -0.329. The number of ether oxygens (including phenoxy) is 2. The van der Waals surface area contributed by atoms with E-state index in [-0.39, 0.29) is 22.6 Å². The standard InChI is InChI=1S/C21H28ClFN2O3/c22-18-11-16(5-6-19(18)23)28-17-12-21(27-14-17)7-4-10-25(15-21)20(26)13-24-8-2-1-3-9-24/h5-6,11,17H,1-4,7-10,12-15H2/t17-,21+/m1/s1. The van der Waals surface area contributed by atoms with E-state index >= 15 is 0 Å². The van der Waals surface area contributed by atoms with Gasteiger partial charge >= 0.3 is 0 Å². The first kappa shape index (κ1) is 19.9. The molecule has 3 fully saturated rings. The number of halogens is 2.